The van der Waals surface area contributed by atoms with Gasteiger partial charge in [0.25, 0.3) is 6.20 Å². The highest BCUT2D eigenvalue weighted by atomic mass is 32.2. The van der Waals surface area contributed by atoms with Crippen molar-refractivity contribution in [2.75, 3.05) is 31.9 Å². The Bertz CT molecular complexity index is 633. The van der Waals surface area contributed by atoms with Crippen molar-refractivity contribution in [3.63, 3.8) is 0 Å². The third-order valence-corrected chi connectivity index (χ3v) is 4.33. The highest BCUT2D eigenvalue weighted by molar-refractivity contribution is 7.98. The SMILES string of the molecule is C=CCNC(=C[N+](=O)[O-])NCCSCc1ccc(CN(CC=C)CC=C)o1. The van der Waals surface area contributed by atoms with E-state index in [1.165, 1.54) is 0 Å². The summed E-state index contributed by atoms with van der Waals surface area (Å²) in [6.45, 7) is 14.5. The molecule has 0 atom stereocenters. The third kappa shape index (κ3) is 10.3. The number of nitro groups is 1. The van der Waals surface area contributed by atoms with E-state index >= 15 is 0 Å². The Balaban J connectivity index is 2.34. The normalized spacial score (nSPS) is 11.2. The summed E-state index contributed by atoms with van der Waals surface area (Å²) in [6.07, 6.45) is 6.29. The largest absolute Gasteiger partial charge is 0.464 e. The molecule has 8 heteroatoms. The average molecular weight is 393 g/mol. The van der Waals surface area contributed by atoms with Gasteiger partial charge in [0.1, 0.15) is 11.5 Å². The summed E-state index contributed by atoms with van der Waals surface area (Å²) in [4.78, 5) is 12.3. The van der Waals surface area contributed by atoms with Crippen LogP contribution < -0.4 is 10.6 Å². The first-order valence-electron chi connectivity index (χ1n) is 8.62. The number of thioether (sulfide) groups is 1. The van der Waals surface area contributed by atoms with Gasteiger partial charge in [0.2, 0.25) is 0 Å². The van der Waals surface area contributed by atoms with E-state index in [2.05, 4.69) is 35.3 Å². The topological polar surface area (TPSA) is 83.6 Å². The van der Waals surface area contributed by atoms with Crippen molar-refractivity contribution in [2.24, 2.45) is 0 Å². The Morgan fingerprint density at radius 3 is 2.52 bits per heavy atom. The predicted molar refractivity (Wildman–Crippen MR) is 112 cm³/mol. The van der Waals surface area contributed by atoms with E-state index < -0.39 is 4.92 Å². The second-order valence-electron chi connectivity index (χ2n) is 5.62. The summed E-state index contributed by atoms with van der Waals surface area (Å²) >= 11 is 1.70. The fourth-order valence-electron chi connectivity index (χ4n) is 2.25. The molecule has 0 aliphatic carbocycles. The fraction of sp³-hybridized carbons (Fsp3) is 0.368. The molecule has 2 N–H and O–H groups in total. The van der Waals surface area contributed by atoms with Crippen LogP contribution in [-0.4, -0.2) is 41.8 Å². The van der Waals surface area contributed by atoms with Gasteiger partial charge in [-0.25, -0.2) is 0 Å². The van der Waals surface area contributed by atoms with Gasteiger partial charge >= 0.3 is 0 Å². The highest BCUT2D eigenvalue weighted by Crippen LogP contribution is 2.16. The van der Waals surface area contributed by atoms with Crippen molar-refractivity contribution in [3.05, 3.63) is 83.8 Å². The molecule has 148 valence electrons. The Labute approximate surface area is 165 Å². The number of hydrogen-bond donors (Lipinski definition) is 2. The van der Waals surface area contributed by atoms with E-state index in [0.29, 0.717) is 25.5 Å². The first-order valence-corrected chi connectivity index (χ1v) is 9.78. The zero-order valence-electron chi connectivity index (χ0n) is 15.6. The maximum absolute atomic E-state index is 10.6. The molecule has 0 spiro atoms. The number of rotatable bonds is 16. The van der Waals surface area contributed by atoms with Crippen LogP contribution in [0.25, 0.3) is 0 Å². The first-order chi connectivity index (χ1) is 13.1. The van der Waals surface area contributed by atoms with Crippen molar-refractivity contribution in [1.29, 1.82) is 0 Å². The van der Waals surface area contributed by atoms with Crippen LogP contribution in [0.2, 0.25) is 0 Å². The molecular formula is C19H28N4O3S. The summed E-state index contributed by atoms with van der Waals surface area (Å²) in [6, 6.07) is 3.98. The molecule has 0 aliphatic rings. The molecule has 0 saturated carbocycles. The van der Waals surface area contributed by atoms with Gasteiger partial charge < -0.3 is 15.1 Å². The van der Waals surface area contributed by atoms with Crippen molar-refractivity contribution < 1.29 is 9.34 Å². The third-order valence-electron chi connectivity index (χ3n) is 3.35. The van der Waals surface area contributed by atoms with Gasteiger partial charge in [-0.15, -0.1) is 19.7 Å². The maximum Gasteiger partial charge on any atom is 0.274 e. The van der Waals surface area contributed by atoms with Crippen molar-refractivity contribution >= 4 is 11.8 Å². The lowest BCUT2D eigenvalue weighted by molar-refractivity contribution is -0.404. The van der Waals surface area contributed by atoms with Crippen LogP contribution in [0.5, 0.6) is 0 Å². The maximum atomic E-state index is 10.6. The molecule has 1 heterocycles. The number of nitrogens with zero attached hydrogens (tertiary/aromatic N) is 2. The molecule has 0 aromatic carbocycles. The lowest BCUT2D eigenvalue weighted by Crippen LogP contribution is -2.29. The van der Waals surface area contributed by atoms with Crippen molar-refractivity contribution in [3.8, 4) is 0 Å². The van der Waals surface area contributed by atoms with Crippen LogP contribution >= 0.6 is 11.8 Å². The van der Waals surface area contributed by atoms with Crippen LogP contribution in [0.3, 0.4) is 0 Å². The lowest BCUT2D eigenvalue weighted by atomic mass is 10.3. The standard InChI is InChI=1S/C19H28N4O3S/c1-4-9-20-19(15-23(24)25)21-10-13-27-16-18-8-7-17(26-18)14-22(11-5-2)12-6-3/h4-8,15,20-21H,1-3,9-14,16H2. The van der Waals surface area contributed by atoms with E-state index in [9.17, 15) is 10.1 Å². The molecule has 1 aromatic rings. The fourth-order valence-corrected chi connectivity index (χ4v) is 2.99. The molecule has 0 radical (unpaired) electrons. The van der Waals surface area contributed by atoms with Crippen LogP contribution in [0, 0.1) is 10.1 Å². The number of furan rings is 1. The Kier molecular flexibility index (Phi) is 11.5. The van der Waals surface area contributed by atoms with E-state index in [4.69, 9.17) is 4.42 Å². The van der Waals surface area contributed by atoms with Gasteiger partial charge in [0.15, 0.2) is 5.82 Å². The van der Waals surface area contributed by atoms with E-state index in [-0.39, 0.29) is 0 Å². The Morgan fingerprint density at radius 2 is 1.89 bits per heavy atom. The molecule has 0 unspecified atom stereocenters. The lowest BCUT2D eigenvalue weighted by Gasteiger charge is -2.16. The monoisotopic (exact) mass is 392 g/mol. The second-order valence-corrected chi connectivity index (χ2v) is 6.72. The van der Waals surface area contributed by atoms with Crippen molar-refractivity contribution in [2.45, 2.75) is 12.3 Å². The van der Waals surface area contributed by atoms with Gasteiger partial charge in [-0.05, 0) is 12.1 Å². The van der Waals surface area contributed by atoms with Gasteiger partial charge in [0.05, 0.1) is 17.2 Å². The summed E-state index contributed by atoms with van der Waals surface area (Å²) < 4.78 is 5.86. The molecular weight excluding hydrogens is 364 g/mol. The van der Waals surface area contributed by atoms with Crippen LogP contribution in [0.15, 0.2) is 66.5 Å². The minimum absolute atomic E-state index is 0.380. The van der Waals surface area contributed by atoms with Crippen LogP contribution in [-0.2, 0) is 12.3 Å². The van der Waals surface area contributed by atoms with Crippen LogP contribution in [0.4, 0.5) is 0 Å². The summed E-state index contributed by atoms with van der Waals surface area (Å²) in [5.41, 5.74) is 0. The average Bonchev–Trinajstić information content (AvgIpc) is 3.06. The quantitative estimate of drug-likeness (QED) is 0.193. The minimum atomic E-state index is -0.488. The molecule has 0 aliphatic heterocycles. The molecule has 1 aromatic heterocycles. The molecule has 27 heavy (non-hydrogen) atoms. The molecule has 0 bridgehead atoms. The molecule has 0 amide bonds. The smallest absolute Gasteiger partial charge is 0.274 e. The molecule has 1 rings (SSSR count). The number of nitrogens with one attached hydrogen (secondary N) is 2. The van der Waals surface area contributed by atoms with E-state index in [1.54, 1.807) is 17.8 Å². The Morgan fingerprint density at radius 1 is 1.19 bits per heavy atom. The van der Waals surface area contributed by atoms with E-state index in [0.717, 1.165) is 42.3 Å². The number of hydrogen-bond acceptors (Lipinski definition) is 7. The molecule has 0 fully saturated rings. The second kappa shape index (κ2) is 13.7. The van der Waals surface area contributed by atoms with Crippen molar-refractivity contribution in [1.82, 2.24) is 15.5 Å². The van der Waals surface area contributed by atoms with Gasteiger partial charge in [-0.3, -0.25) is 15.0 Å². The van der Waals surface area contributed by atoms with Gasteiger partial charge in [-0.2, -0.15) is 11.8 Å². The van der Waals surface area contributed by atoms with Gasteiger partial charge in [-0.1, -0.05) is 18.2 Å². The Hall–Kier alpha value is -2.45. The minimum Gasteiger partial charge on any atom is -0.464 e. The zero-order valence-corrected chi connectivity index (χ0v) is 16.4. The van der Waals surface area contributed by atoms with Gasteiger partial charge in [0, 0.05) is 31.9 Å². The zero-order chi connectivity index (χ0) is 19.9. The molecule has 7 nitrogen and oxygen atoms in total. The van der Waals surface area contributed by atoms with E-state index in [1.807, 2.05) is 24.3 Å². The predicted octanol–water partition coefficient (Wildman–Crippen LogP) is 3.13. The summed E-state index contributed by atoms with van der Waals surface area (Å²) in [7, 11) is 0. The van der Waals surface area contributed by atoms with Crippen LogP contribution in [0.1, 0.15) is 11.5 Å². The summed E-state index contributed by atoms with van der Waals surface area (Å²) in [5, 5.41) is 16.5. The highest BCUT2D eigenvalue weighted by Gasteiger charge is 2.07. The summed E-state index contributed by atoms with van der Waals surface area (Å²) in [5.74, 6) is 3.75. The molecule has 0 saturated heterocycles. The first kappa shape index (κ1) is 22.6.